The summed E-state index contributed by atoms with van der Waals surface area (Å²) in [7, 11) is -3.60. The Kier molecular flexibility index (Phi) is 7.78. The molecule has 0 unspecified atom stereocenters. The predicted molar refractivity (Wildman–Crippen MR) is 114 cm³/mol. The molecule has 5 nitrogen and oxygen atoms in total. The number of rotatable bonds is 7. The molecule has 0 fully saturated rings. The van der Waals surface area contributed by atoms with E-state index in [1.807, 2.05) is 0 Å². The van der Waals surface area contributed by atoms with Crippen molar-refractivity contribution in [3.05, 3.63) is 48.0 Å². The highest BCUT2D eigenvalue weighted by Gasteiger charge is 2.73. The second-order valence-electron chi connectivity index (χ2n) is 7.71. The van der Waals surface area contributed by atoms with Crippen LogP contribution >= 0.6 is 0 Å². The Labute approximate surface area is 193 Å². The molecule has 0 saturated carbocycles. The molecule has 0 heterocycles. The summed E-state index contributed by atoms with van der Waals surface area (Å²) in [5.41, 5.74) is -6.04. The van der Waals surface area contributed by atoms with Crippen LogP contribution < -0.4 is 5.32 Å². The van der Waals surface area contributed by atoms with Crippen molar-refractivity contribution in [2.75, 3.05) is 11.1 Å². The van der Waals surface area contributed by atoms with Crippen molar-refractivity contribution >= 4 is 21.4 Å². The Balaban J connectivity index is 2.84. The number of nitrogens with one attached hydrogen (secondary N) is 1. The minimum Gasteiger partial charge on any atom is -0.351 e. The van der Waals surface area contributed by atoms with Gasteiger partial charge in [-0.3, -0.25) is 4.79 Å². The fourth-order valence-electron chi connectivity index (χ4n) is 3.35. The van der Waals surface area contributed by atoms with Gasteiger partial charge in [-0.25, -0.2) is 8.42 Å². The second kappa shape index (κ2) is 9.57. The number of amides is 1. The number of anilines is 1. The van der Waals surface area contributed by atoms with Gasteiger partial charge in [0.2, 0.25) is 5.91 Å². The highest BCUT2D eigenvalue weighted by Crippen LogP contribution is 2.54. The Hall–Kier alpha value is -2.60. The summed E-state index contributed by atoms with van der Waals surface area (Å²) in [6, 6.07) is 6.98. The van der Waals surface area contributed by atoms with Crippen molar-refractivity contribution in [3.63, 3.8) is 0 Å². The van der Waals surface area contributed by atoms with Crippen LogP contribution in [0.25, 0.3) is 11.1 Å². The number of hydrogen-bond donors (Lipinski definition) is 1. The first-order valence-electron chi connectivity index (χ1n) is 10.0. The maximum Gasteiger partial charge on any atom is 0.430 e. The van der Waals surface area contributed by atoms with E-state index in [4.69, 9.17) is 0 Å². The third-order valence-corrected chi connectivity index (χ3v) is 6.60. The summed E-state index contributed by atoms with van der Waals surface area (Å²) < 4.78 is 113. The smallest absolute Gasteiger partial charge is 0.351 e. The zero-order valence-electron chi connectivity index (χ0n) is 18.6. The highest BCUT2D eigenvalue weighted by molar-refractivity contribution is 7.91. The molecule has 2 rings (SSSR count). The van der Waals surface area contributed by atoms with Crippen LogP contribution in [-0.4, -0.2) is 38.5 Å². The molecule has 0 aliphatic rings. The molecular formula is C22H23F6NO4S. The van der Waals surface area contributed by atoms with Gasteiger partial charge < -0.3 is 10.1 Å². The van der Waals surface area contributed by atoms with Crippen molar-refractivity contribution in [1.82, 2.24) is 0 Å². The van der Waals surface area contributed by atoms with Gasteiger partial charge in [0.15, 0.2) is 9.84 Å². The monoisotopic (exact) mass is 511 g/mol. The van der Waals surface area contributed by atoms with Crippen LogP contribution in [0.5, 0.6) is 0 Å². The SMILES string of the molecule is CCS(=O)(=O)c1ccc(-c2cc(C(OC(C)C)(C(F)(F)F)C(F)(F)F)ccc2NC(C)=O)cc1. The Morgan fingerprint density at radius 2 is 1.50 bits per heavy atom. The molecule has 0 saturated heterocycles. The Morgan fingerprint density at radius 3 is 1.91 bits per heavy atom. The molecule has 34 heavy (non-hydrogen) atoms. The van der Waals surface area contributed by atoms with Crippen molar-refractivity contribution in [3.8, 4) is 11.1 Å². The summed E-state index contributed by atoms with van der Waals surface area (Å²) in [4.78, 5) is 11.5. The lowest BCUT2D eigenvalue weighted by atomic mass is 9.88. The number of benzene rings is 2. The number of carbonyl (C=O) groups excluding carboxylic acids is 1. The van der Waals surface area contributed by atoms with E-state index >= 15 is 0 Å². The zero-order chi connectivity index (χ0) is 26.1. The number of halogens is 6. The van der Waals surface area contributed by atoms with Crippen molar-refractivity contribution in [2.24, 2.45) is 0 Å². The topological polar surface area (TPSA) is 72.5 Å². The molecule has 2 aromatic carbocycles. The van der Waals surface area contributed by atoms with Gasteiger partial charge in [-0.1, -0.05) is 25.1 Å². The molecule has 0 atom stereocenters. The van der Waals surface area contributed by atoms with Gasteiger partial charge in [-0.05, 0) is 43.7 Å². The van der Waals surface area contributed by atoms with Gasteiger partial charge in [0.1, 0.15) is 0 Å². The lowest BCUT2D eigenvalue weighted by molar-refractivity contribution is -0.396. The highest BCUT2D eigenvalue weighted by atomic mass is 32.2. The van der Waals surface area contributed by atoms with E-state index in [0.717, 1.165) is 26.8 Å². The molecule has 0 spiro atoms. The summed E-state index contributed by atoms with van der Waals surface area (Å²) in [6.45, 7) is 4.63. The third kappa shape index (κ3) is 5.38. The standard InChI is InChI=1S/C22H23F6NO4S/c1-5-34(31,32)17-9-6-15(7-10-17)18-12-16(8-11-19(18)29-14(4)30)20(21(23,24)25,22(26,27)28)33-13(2)3/h6-13H,5H2,1-4H3,(H,29,30). The summed E-state index contributed by atoms with van der Waals surface area (Å²) >= 11 is 0. The van der Waals surface area contributed by atoms with E-state index in [0.29, 0.717) is 12.1 Å². The van der Waals surface area contributed by atoms with E-state index in [1.165, 1.54) is 31.2 Å². The van der Waals surface area contributed by atoms with Gasteiger partial charge in [0.25, 0.3) is 5.60 Å². The quantitative estimate of drug-likeness (QED) is 0.474. The molecule has 0 bridgehead atoms. The van der Waals surface area contributed by atoms with E-state index in [9.17, 15) is 39.6 Å². The number of ether oxygens (including phenoxy) is 1. The molecule has 0 radical (unpaired) electrons. The Morgan fingerprint density at radius 1 is 0.971 bits per heavy atom. The fraction of sp³-hybridized carbons (Fsp3) is 0.409. The van der Waals surface area contributed by atoms with E-state index in [-0.39, 0.29) is 27.5 Å². The predicted octanol–water partition coefficient (Wildman–Crippen LogP) is 5.85. The van der Waals surface area contributed by atoms with Crippen LogP contribution in [0.4, 0.5) is 32.0 Å². The normalized spacial score (nSPS) is 13.3. The number of carbonyl (C=O) groups is 1. The zero-order valence-corrected chi connectivity index (χ0v) is 19.5. The van der Waals surface area contributed by atoms with E-state index in [1.54, 1.807) is 0 Å². The molecule has 0 aromatic heterocycles. The number of alkyl halides is 6. The molecule has 0 aliphatic carbocycles. The fourth-order valence-corrected chi connectivity index (χ4v) is 4.24. The van der Waals surface area contributed by atoms with Crippen LogP contribution in [0.1, 0.15) is 33.3 Å². The number of hydrogen-bond acceptors (Lipinski definition) is 4. The van der Waals surface area contributed by atoms with Crippen LogP contribution in [0.2, 0.25) is 0 Å². The summed E-state index contributed by atoms with van der Waals surface area (Å²) in [5.74, 6) is -0.818. The van der Waals surface area contributed by atoms with Gasteiger partial charge in [0, 0.05) is 23.7 Å². The van der Waals surface area contributed by atoms with Crippen LogP contribution in [0.3, 0.4) is 0 Å². The van der Waals surface area contributed by atoms with Crippen molar-refractivity contribution < 1.29 is 44.3 Å². The van der Waals surface area contributed by atoms with Crippen molar-refractivity contribution in [2.45, 2.75) is 56.6 Å². The summed E-state index contributed by atoms with van der Waals surface area (Å²) in [5, 5.41) is 2.36. The molecule has 2 aromatic rings. The first-order valence-corrected chi connectivity index (χ1v) is 11.7. The molecule has 188 valence electrons. The van der Waals surface area contributed by atoms with Crippen LogP contribution in [-0.2, 0) is 25.0 Å². The minimum absolute atomic E-state index is 0.0647. The maximum absolute atomic E-state index is 14.0. The lowest BCUT2D eigenvalue weighted by Gasteiger charge is -2.39. The van der Waals surface area contributed by atoms with Gasteiger partial charge in [0.05, 0.1) is 16.8 Å². The maximum atomic E-state index is 14.0. The lowest BCUT2D eigenvalue weighted by Crippen LogP contribution is -2.57. The second-order valence-corrected chi connectivity index (χ2v) is 9.99. The Bertz CT molecular complexity index is 1130. The van der Waals surface area contributed by atoms with Gasteiger partial charge in [-0.2, -0.15) is 26.3 Å². The molecule has 12 heteroatoms. The van der Waals surface area contributed by atoms with E-state index in [2.05, 4.69) is 10.1 Å². The van der Waals surface area contributed by atoms with E-state index < -0.39 is 45.4 Å². The molecule has 1 amide bonds. The average Bonchev–Trinajstić information content (AvgIpc) is 2.70. The minimum atomic E-state index is -5.87. The van der Waals surface area contributed by atoms with Crippen LogP contribution in [0.15, 0.2) is 47.4 Å². The van der Waals surface area contributed by atoms with Crippen LogP contribution in [0, 0.1) is 0 Å². The van der Waals surface area contributed by atoms with Gasteiger partial charge >= 0.3 is 12.4 Å². The molecule has 0 aliphatic heterocycles. The third-order valence-electron chi connectivity index (χ3n) is 4.85. The average molecular weight is 511 g/mol. The van der Waals surface area contributed by atoms with Gasteiger partial charge in [-0.15, -0.1) is 0 Å². The molecule has 1 N–H and O–H groups in total. The molecular weight excluding hydrogens is 488 g/mol. The largest absolute Gasteiger partial charge is 0.430 e. The first kappa shape index (κ1) is 27.6. The van der Waals surface area contributed by atoms with Crippen molar-refractivity contribution in [1.29, 1.82) is 0 Å². The summed E-state index contributed by atoms with van der Waals surface area (Å²) in [6.07, 6.45) is -13.2. The number of sulfone groups is 1. The first-order chi connectivity index (χ1) is 15.5.